The van der Waals surface area contributed by atoms with Crippen molar-refractivity contribution in [2.24, 2.45) is 17.3 Å². The van der Waals surface area contributed by atoms with Crippen LogP contribution in [0.15, 0.2) is 30.3 Å². The Bertz CT molecular complexity index is 581. The smallest absolute Gasteiger partial charge is 0.307 e. The van der Waals surface area contributed by atoms with Crippen LogP contribution in [-0.4, -0.2) is 11.1 Å². The Morgan fingerprint density at radius 3 is 2.42 bits per heavy atom. The normalized spacial score (nSPS) is 24.6. The van der Waals surface area contributed by atoms with Crippen molar-refractivity contribution in [1.29, 1.82) is 5.26 Å². The predicted octanol–water partition coefficient (Wildman–Crippen LogP) is 3.60. The summed E-state index contributed by atoms with van der Waals surface area (Å²) >= 11 is 5.81. The number of rotatable bonds is 3. The molecule has 0 amide bonds. The van der Waals surface area contributed by atoms with Gasteiger partial charge in [0.05, 0.1) is 17.6 Å². The molecule has 3 nitrogen and oxygen atoms in total. The Labute approximate surface area is 117 Å². The van der Waals surface area contributed by atoms with Gasteiger partial charge in [-0.25, -0.2) is 0 Å². The summed E-state index contributed by atoms with van der Waals surface area (Å²) in [6, 6.07) is 9.10. The van der Waals surface area contributed by atoms with E-state index in [1.54, 1.807) is 30.3 Å². The number of aliphatic carboxylic acids is 1. The van der Waals surface area contributed by atoms with Gasteiger partial charge in [-0.2, -0.15) is 5.26 Å². The minimum absolute atomic E-state index is 0.102. The standard InChI is InChI=1S/C15H14ClNO2/c1-15(2)12(13(15)14(18)19)7-10(8-17)9-3-5-11(16)6-4-9/h3-7,12-13H,1-2H3,(H,18,19). The third kappa shape index (κ3) is 2.50. The Balaban J connectivity index is 2.29. The van der Waals surface area contributed by atoms with E-state index >= 15 is 0 Å². The molecule has 1 aliphatic carbocycles. The quantitative estimate of drug-likeness (QED) is 0.857. The summed E-state index contributed by atoms with van der Waals surface area (Å²) in [5.74, 6) is -1.32. The second-order valence-corrected chi connectivity index (χ2v) is 5.80. The summed E-state index contributed by atoms with van der Waals surface area (Å²) < 4.78 is 0. The molecule has 1 fully saturated rings. The average Bonchev–Trinajstić information content (AvgIpc) is 2.89. The van der Waals surface area contributed by atoms with Crippen molar-refractivity contribution >= 4 is 23.1 Å². The van der Waals surface area contributed by atoms with Crippen LogP contribution < -0.4 is 0 Å². The van der Waals surface area contributed by atoms with Crippen LogP contribution in [0.25, 0.3) is 5.57 Å². The van der Waals surface area contributed by atoms with Crippen molar-refractivity contribution in [2.75, 3.05) is 0 Å². The number of benzene rings is 1. The summed E-state index contributed by atoms with van der Waals surface area (Å²) in [4.78, 5) is 11.1. The number of hydrogen-bond acceptors (Lipinski definition) is 2. The second kappa shape index (κ2) is 4.71. The first kappa shape index (κ1) is 13.6. The van der Waals surface area contributed by atoms with Crippen molar-refractivity contribution < 1.29 is 9.90 Å². The highest BCUT2D eigenvalue weighted by molar-refractivity contribution is 6.30. The van der Waals surface area contributed by atoms with Gasteiger partial charge in [0.1, 0.15) is 0 Å². The van der Waals surface area contributed by atoms with Gasteiger partial charge in [-0.05, 0) is 29.0 Å². The Morgan fingerprint density at radius 1 is 1.42 bits per heavy atom. The van der Waals surface area contributed by atoms with Crippen molar-refractivity contribution in [3.05, 3.63) is 40.9 Å². The van der Waals surface area contributed by atoms with Gasteiger partial charge < -0.3 is 5.11 Å². The summed E-state index contributed by atoms with van der Waals surface area (Å²) in [5.41, 5.74) is 0.970. The zero-order valence-corrected chi connectivity index (χ0v) is 11.5. The molecule has 0 bridgehead atoms. The molecule has 1 aliphatic rings. The third-order valence-electron chi connectivity index (χ3n) is 3.80. The molecule has 0 radical (unpaired) electrons. The molecule has 0 aromatic heterocycles. The van der Waals surface area contributed by atoms with Gasteiger partial charge in [0.2, 0.25) is 0 Å². The monoisotopic (exact) mass is 275 g/mol. The van der Waals surface area contributed by atoms with Crippen LogP contribution >= 0.6 is 11.6 Å². The summed E-state index contributed by atoms with van der Waals surface area (Å²) in [5, 5.41) is 19.0. The van der Waals surface area contributed by atoms with E-state index < -0.39 is 11.9 Å². The summed E-state index contributed by atoms with van der Waals surface area (Å²) in [6.45, 7) is 3.81. The first-order chi connectivity index (χ1) is 8.87. The topological polar surface area (TPSA) is 61.1 Å². The molecule has 2 unspecified atom stereocenters. The van der Waals surface area contributed by atoms with E-state index in [1.807, 2.05) is 13.8 Å². The zero-order chi connectivity index (χ0) is 14.2. The lowest BCUT2D eigenvalue weighted by molar-refractivity contribution is -0.139. The molecule has 1 aromatic carbocycles. The molecule has 0 saturated heterocycles. The fraction of sp³-hybridized carbons (Fsp3) is 0.333. The molecule has 0 heterocycles. The molecule has 2 rings (SSSR count). The van der Waals surface area contributed by atoms with Gasteiger partial charge in [0.15, 0.2) is 0 Å². The van der Waals surface area contributed by atoms with Crippen LogP contribution in [-0.2, 0) is 4.79 Å². The van der Waals surface area contributed by atoms with E-state index in [0.29, 0.717) is 10.6 Å². The number of carboxylic acids is 1. The maximum atomic E-state index is 11.1. The summed E-state index contributed by atoms with van der Waals surface area (Å²) in [7, 11) is 0. The number of allylic oxidation sites excluding steroid dienone is 2. The molecule has 98 valence electrons. The van der Waals surface area contributed by atoms with E-state index in [2.05, 4.69) is 6.07 Å². The van der Waals surface area contributed by atoms with Gasteiger partial charge in [-0.15, -0.1) is 0 Å². The van der Waals surface area contributed by atoms with Gasteiger partial charge >= 0.3 is 5.97 Å². The molecule has 4 heteroatoms. The molecule has 0 aliphatic heterocycles. The van der Waals surface area contributed by atoms with Gasteiger partial charge in [0.25, 0.3) is 0 Å². The molecular weight excluding hydrogens is 262 g/mol. The minimum Gasteiger partial charge on any atom is -0.481 e. The van der Waals surface area contributed by atoms with Gasteiger partial charge in [-0.1, -0.05) is 43.7 Å². The first-order valence-corrected chi connectivity index (χ1v) is 6.36. The molecule has 1 aromatic rings. The zero-order valence-electron chi connectivity index (χ0n) is 10.7. The van der Waals surface area contributed by atoms with Crippen LogP contribution in [0.5, 0.6) is 0 Å². The highest BCUT2D eigenvalue weighted by Crippen LogP contribution is 2.59. The molecular formula is C15H14ClNO2. The lowest BCUT2D eigenvalue weighted by Gasteiger charge is -2.01. The molecule has 19 heavy (non-hydrogen) atoms. The third-order valence-corrected chi connectivity index (χ3v) is 4.05. The average molecular weight is 276 g/mol. The van der Waals surface area contributed by atoms with Gasteiger partial charge in [0, 0.05) is 5.02 Å². The van der Waals surface area contributed by atoms with E-state index in [-0.39, 0.29) is 11.3 Å². The van der Waals surface area contributed by atoms with Gasteiger partial charge in [-0.3, -0.25) is 4.79 Å². The lowest BCUT2D eigenvalue weighted by Crippen LogP contribution is -2.03. The maximum absolute atomic E-state index is 11.1. The van der Waals surface area contributed by atoms with Crippen LogP contribution in [0, 0.1) is 28.6 Å². The van der Waals surface area contributed by atoms with E-state index in [4.69, 9.17) is 16.7 Å². The molecule has 1 N–H and O–H groups in total. The second-order valence-electron chi connectivity index (χ2n) is 5.36. The van der Waals surface area contributed by atoms with Crippen molar-refractivity contribution in [3.63, 3.8) is 0 Å². The largest absolute Gasteiger partial charge is 0.481 e. The van der Waals surface area contributed by atoms with E-state index in [1.165, 1.54) is 0 Å². The number of carboxylic acid groups (broad SMARTS) is 1. The Morgan fingerprint density at radius 2 is 2.00 bits per heavy atom. The van der Waals surface area contributed by atoms with E-state index in [9.17, 15) is 10.1 Å². The van der Waals surface area contributed by atoms with Crippen LogP contribution in [0.3, 0.4) is 0 Å². The number of halogens is 1. The van der Waals surface area contributed by atoms with Crippen LogP contribution in [0.4, 0.5) is 0 Å². The number of nitrogens with zero attached hydrogens (tertiary/aromatic N) is 1. The maximum Gasteiger partial charge on any atom is 0.307 e. The Hall–Kier alpha value is -1.79. The van der Waals surface area contributed by atoms with Crippen molar-refractivity contribution in [3.8, 4) is 6.07 Å². The predicted molar refractivity (Wildman–Crippen MR) is 73.4 cm³/mol. The fourth-order valence-electron chi connectivity index (χ4n) is 2.47. The van der Waals surface area contributed by atoms with E-state index in [0.717, 1.165) is 5.56 Å². The Kier molecular flexibility index (Phi) is 3.38. The van der Waals surface area contributed by atoms with Crippen LogP contribution in [0.1, 0.15) is 19.4 Å². The highest BCUT2D eigenvalue weighted by atomic mass is 35.5. The highest BCUT2D eigenvalue weighted by Gasteiger charge is 2.61. The summed E-state index contributed by atoms with van der Waals surface area (Å²) in [6.07, 6.45) is 1.77. The minimum atomic E-state index is -0.806. The SMILES string of the molecule is CC1(C)C(C=C(C#N)c2ccc(Cl)cc2)C1C(=O)O. The number of carbonyl (C=O) groups is 1. The lowest BCUT2D eigenvalue weighted by atomic mass is 10.0. The van der Waals surface area contributed by atoms with Crippen molar-refractivity contribution in [1.82, 2.24) is 0 Å². The van der Waals surface area contributed by atoms with Crippen molar-refractivity contribution in [2.45, 2.75) is 13.8 Å². The molecule has 2 atom stereocenters. The first-order valence-electron chi connectivity index (χ1n) is 5.98. The number of hydrogen-bond donors (Lipinski definition) is 1. The fourth-order valence-corrected chi connectivity index (χ4v) is 2.59. The molecule has 1 saturated carbocycles. The van der Waals surface area contributed by atoms with Crippen LogP contribution in [0.2, 0.25) is 5.02 Å². The molecule has 0 spiro atoms. The number of nitriles is 1.